The summed E-state index contributed by atoms with van der Waals surface area (Å²) in [7, 11) is 0. The van der Waals surface area contributed by atoms with E-state index in [4.69, 9.17) is 5.53 Å². The van der Waals surface area contributed by atoms with Crippen LogP contribution in [0.2, 0.25) is 0 Å². The molecule has 8 N–H and O–H groups in total. The van der Waals surface area contributed by atoms with Gasteiger partial charge in [0.1, 0.15) is 17.8 Å². The number of aliphatic hydroxyl groups is 1. The summed E-state index contributed by atoms with van der Waals surface area (Å²) in [4.78, 5) is 79.3. The van der Waals surface area contributed by atoms with Crippen LogP contribution >= 0.6 is 22.6 Å². The SMILES string of the molecule is CCC(C)(I)NC1=C(N=N)c2ccccc2N(C(=O)CCC(=O)NCC(=O)NCC(=O)N[C@H](C(=O)N[C@@H](C)C(=O)Nc2ccc(CO)cc2)C(C)C)c2ccccc21. The summed E-state index contributed by atoms with van der Waals surface area (Å²) in [5.74, 6) is -3.72. The largest absolute Gasteiger partial charge is 0.392 e. The molecular weight excluding hydrogens is 857 g/mol. The molecule has 0 saturated carbocycles. The minimum Gasteiger partial charge on any atom is -0.392 e. The number of hydrogen-bond acceptors (Lipinski definition) is 10. The predicted octanol–water partition coefficient (Wildman–Crippen LogP) is 4.46. The highest BCUT2D eigenvalue weighted by Gasteiger charge is 2.33. The summed E-state index contributed by atoms with van der Waals surface area (Å²) >= 11 is 2.31. The zero-order valence-corrected chi connectivity index (χ0v) is 35.2. The molecule has 0 spiro atoms. The molecule has 0 saturated heterocycles. The average Bonchev–Trinajstić information content (AvgIpc) is 3.32. The number of alkyl halides is 1. The summed E-state index contributed by atoms with van der Waals surface area (Å²) < 4.78 is -0.387. The fourth-order valence-electron chi connectivity index (χ4n) is 5.91. The maximum absolute atomic E-state index is 14.0. The van der Waals surface area contributed by atoms with Crippen molar-refractivity contribution >= 4 is 86.5 Å². The van der Waals surface area contributed by atoms with Gasteiger partial charge in [0.15, 0.2) is 0 Å². The minimum absolute atomic E-state index is 0.137. The van der Waals surface area contributed by atoms with Gasteiger partial charge in [-0.2, -0.15) is 5.11 Å². The maximum atomic E-state index is 14.0. The van der Waals surface area contributed by atoms with Crippen molar-refractivity contribution in [3.63, 3.8) is 0 Å². The Balaban J connectivity index is 1.29. The van der Waals surface area contributed by atoms with Crippen LogP contribution in [-0.2, 0) is 35.4 Å². The molecule has 1 aliphatic rings. The van der Waals surface area contributed by atoms with E-state index in [1.165, 1.54) is 11.8 Å². The monoisotopic (exact) mass is 907 g/mol. The van der Waals surface area contributed by atoms with Crippen LogP contribution in [0.15, 0.2) is 77.9 Å². The van der Waals surface area contributed by atoms with Crippen molar-refractivity contribution in [1.29, 1.82) is 5.53 Å². The molecule has 0 bridgehead atoms. The Morgan fingerprint density at radius 1 is 0.793 bits per heavy atom. The number of carbonyl (C=O) groups excluding carboxylic acids is 6. The van der Waals surface area contributed by atoms with E-state index in [1.807, 2.05) is 26.0 Å². The number of anilines is 3. The van der Waals surface area contributed by atoms with Gasteiger partial charge in [-0.3, -0.25) is 33.7 Å². The highest BCUT2D eigenvalue weighted by atomic mass is 127. The summed E-state index contributed by atoms with van der Waals surface area (Å²) in [5.41, 5.74) is 12.5. The van der Waals surface area contributed by atoms with Gasteiger partial charge in [-0.15, -0.1) is 0 Å². The molecule has 58 heavy (non-hydrogen) atoms. The van der Waals surface area contributed by atoms with Crippen molar-refractivity contribution in [2.24, 2.45) is 11.0 Å². The standard InChI is InChI=1S/C41H50IN9O7/c1-6-41(5,42)49-37-28-11-7-9-13-30(28)51(31-14-10-8-12-29(31)38(37)50-43)35(56)20-19-32(53)44-21-33(54)45-22-34(55)48-36(24(2)3)40(58)46-25(4)39(57)47-27-17-15-26(23-52)16-18-27/h7-18,24-25,36,43,49,52H,6,19-23H2,1-5H3,(H,44,53)(H,45,54)(H,46,58)(H,47,57)(H,48,55)/t25-,36-,41?/m0/s1. The lowest BCUT2D eigenvalue weighted by Gasteiger charge is -2.28. The van der Waals surface area contributed by atoms with Crippen LogP contribution in [0.3, 0.4) is 0 Å². The lowest BCUT2D eigenvalue weighted by atomic mass is 10.0. The minimum atomic E-state index is -1.02. The van der Waals surface area contributed by atoms with Gasteiger partial charge in [0, 0.05) is 29.7 Å². The molecule has 3 aromatic carbocycles. The summed E-state index contributed by atoms with van der Waals surface area (Å²) in [6.07, 6.45) is 0.324. The van der Waals surface area contributed by atoms with E-state index < -0.39 is 54.7 Å². The summed E-state index contributed by atoms with van der Waals surface area (Å²) in [6.45, 7) is 7.91. The highest BCUT2D eigenvalue weighted by Crippen LogP contribution is 2.44. The average molecular weight is 908 g/mol. The second-order valence-corrected chi connectivity index (χ2v) is 16.6. The van der Waals surface area contributed by atoms with Gasteiger partial charge in [-0.25, -0.2) is 5.53 Å². The normalized spacial score (nSPS) is 14.0. The van der Waals surface area contributed by atoms with Crippen molar-refractivity contribution in [3.8, 4) is 0 Å². The van der Waals surface area contributed by atoms with E-state index in [1.54, 1.807) is 74.5 Å². The Morgan fingerprint density at radius 2 is 1.38 bits per heavy atom. The molecule has 1 unspecified atom stereocenters. The molecule has 6 amide bonds. The van der Waals surface area contributed by atoms with E-state index in [2.05, 4.69) is 59.6 Å². The molecule has 0 aromatic heterocycles. The van der Waals surface area contributed by atoms with E-state index in [-0.39, 0.29) is 34.8 Å². The molecule has 0 radical (unpaired) electrons. The number of benzene rings is 3. The number of fused-ring (bicyclic) bond motifs is 2. The van der Waals surface area contributed by atoms with Crippen LogP contribution in [0.1, 0.15) is 70.6 Å². The Hall–Kier alpha value is -5.69. The second-order valence-electron chi connectivity index (χ2n) is 14.2. The molecule has 0 fully saturated rings. The Bertz CT molecular complexity index is 2050. The number of halogens is 1. The fraction of sp³-hybridized carbons (Fsp3) is 0.366. The molecule has 3 aromatic rings. The van der Waals surface area contributed by atoms with Crippen LogP contribution in [0.25, 0.3) is 11.4 Å². The van der Waals surface area contributed by atoms with Gasteiger partial charge in [-0.1, -0.05) is 91.9 Å². The van der Waals surface area contributed by atoms with Crippen LogP contribution in [-0.4, -0.2) is 69.3 Å². The lowest BCUT2D eigenvalue weighted by Crippen LogP contribution is -2.55. The number of amides is 6. The third-order valence-corrected chi connectivity index (χ3v) is 10.4. The van der Waals surface area contributed by atoms with Gasteiger partial charge < -0.3 is 37.0 Å². The predicted molar refractivity (Wildman–Crippen MR) is 228 cm³/mol. The molecule has 16 nitrogen and oxygen atoms in total. The van der Waals surface area contributed by atoms with Crippen molar-refractivity contribution in [3.05, 3.63) is 89.5 Å². The first-order valence-electron chi connectivity index (χ1n) is 18.8. The number of nitrogens with zero attached hydrogens (tertiary/aromatic N) is 2. The first-order valence-corrected chi connectivity index (χ1v) is 19.9. The number of carbonyl (C=O) groups is 6. The molecule has 17 heteroatoms. The Labute approximate surface area is 351 Å². The van der Waals surface area contributed by atoms with Crippen molar-refractivity contribution in [2.75, 3.05) is 23.3 Å². The van der Waals surface area contributed by atoms with Crippen molar-refractivity contribution in [1.82, 2.24) is 26.6 Å². The lowest BCUT2D eigenvalue weighted by molar-refractivity contribution is -0.132. The van der Waals surface area contributed by atoms with E-state index in [9.17, 15) is 33.9 Å². The molecular formula is C41H50IN9O7. The van der Waals surface area contributed by atoms with E-state index >= 15 is 0 Å². The van der Waals surface area contributed by atoms with Crippen LogP contribution in [0.4, 0.5) is 17.1 Å². The molecule has 1 heterocycles. The van der Waals surface area contributed by atoms with Gasteiger partial charge in [0.25, 0.3) is 0 Å². The van der Waals surface area contributed by atoms with Gasteiger partial charge in [0.2, 0.25) is 35.4 Å². The Kier molecular flexibility index (Phi) is 16.0. The number of para-hydroxylation sites is 2. The molecule has 0 aliphatic carbocycles. The topological polar surface area (TPSA) is 234 Å². The van der Waals surface area contributed by atoms with E-state index in [0.29, 0.717) is 45.1 Å². The Morgan fingerprint density at radius 3 is 1.98 bits per heavy atom. The number of aliphatic hydroxyl groups excluding tert-OH is 1. The molecule has 1 aliphatic heterocycles. The number of hydrogen-bond donors (Lipinski definition) is 8. The van der Waals surface area contributed by atoms with Gasteiger partial charge in [0.05, 0.1) is 40.3 Å². The molecule has 308 valence electrons. The van der Waals surface area contributed by atoms with Crippen molar-refractivity contribution in [2.45, 2.75) is 76.1 Å². The molecule has 4 rings (SSSR count). The van der Waals surface area contributed by atoms with Gasteiger partial charge in [-0.05, 0) is 56.0 Å². The zero-order valence-electron chi connectivity index (χ0n) is 33.1. The van der Waals surface area contributed by atoms with Crippen LogP contribution in [0.5, 0.6) is 0 Å². The highest BCUT2D eigenvalue weighted by molar-refractivity contribution is 14.1. The second kappa shape index (κ2) is 20.6. The van der Waals surface area contributed by atoms with Crippen LogP contribution < -0.4 is 36.8 Å². The van der Waals surface area contributed by atoms with Crippen molar-refractivity contribution < 1.29 is 33.9 Å². The quantitative estimate of drug-likeness (QED) is 0.0392. The summed E-state index contributed by atoms with van der Waals surface area (Å²) in [5, 5.41) is 29.4. The third kappa shape index (κ3) is 11.9. The summed E-state index contributed by atoms with van der Waals surface area (Å²) in [6, 6.07) is 19.0. The number of nitrogens with one attached hydrogen (secondary N) is 7. The number of rotatable bonds is 18. The maximum Gasteiger partial charge on any atom is 0.246 e. The smallest absolute Gasteiger partial charge is 0.246 e. The first kappa shape index (κ1) is 45.0. The molecule has 3 atom stereocenters. The third-order valence-electron chi connectivity index (χ3n) is 9.34. The zero-order chi connectivity index (χ0) is 42.6. The fourth-order valence-corrected chi connectivity index (χ4v) is 6.18. The van der Waals surface area contributed by atoms with Crippen LogP contribution in [0, 0.1) is 11.4 Å². The first-order chi connectivity index (χ1) is 27.6. The van der Waals surface area contributed by atoms with Gasteiger partial charge >= 0.3 is 0 Å². The van der Waals surface area contributed by atoms with E-state index in [0.717, 1.165) is 6.42 Å².